The average Bonchev–Trinajstić information content (AvgIpc) is 2.55. The number of anilines is 1. The van der Waals surface area contributed by atoms with Crippen LogP contribution in [0.5, 0.6) is 5.75 Å². The second-order valence-corrected chi connectivity index (χ2v) is 7.27. The zero-order valence-electron chi connectivity index (χ0n) is 14.3. The van der Waals surface area contributed by atoms with Crippen molar-refractivity contribution in [3.05, 3.63) is 23.8 Å². The quantitative estimate of drug-likeness (QED) is 0.898. The molecule has 0 bridgehead atoms. The van der Waals surface area contributed by atoms with Gasteiger partial charge in [0.05, 0.1) is 13.2 Å². The molecule has 1 aromatic carbocycles. The van der Waals surface area contributed by atoms with E-state index in [0.717, 1.165) is 36.4 Å². The summed E-state index contributed by atoms with van der Waals surface area (Å²) in [5.74, 6) is 0.736. The van der Waals surface area contributed by atoms with Crippen LogP contribution in [0.2, 0.25) is 0 Å². The number of fused-ring (bicyclic) bond motifs is 1. The Bertz CT molecular complexity index is 629. The van der Waals surface area contributed by atoms with Crippen molar-refractivity contribution >= 4 is 11.6 Å². The molecule has 1 saturated heterocycles. The molecule has 1 amide bonds. The molecule has 5 nitrogen and oxygen atoms in total. The number of nitrogens with two attached hydrogens (primary N) is 1. The number of amides is 1. The van der Waals surface area contributed by atoms with E-state index in [1.54, 1.807) is 7.11 Å². The molecule has 1 aromatic rings. The molecule has 1 saturated carbocycles. The summed E-state index contributed by atoms with van der Waals surface area (Å²) in [5.41, 5.74) is 7.07. The van der Waals surface area contributed by atoms with Gasteiger partial charge < -0.3 is 20.5 Å². The van der Waals surface area contributed by atoms with E-state index in [9.17, 15) is 4.79 Å². The fourth-order valence-electron chi connectivity index (χ4n) is 4.17. The number of methoxy groups -OCH3 is 1. The van der Waals surface area contributed by atoms with Crippen molar-refractivity contribution in [3.8, 4) is 5.75 Å². The molecule has 2 aliphatic rings. The van der Waals surface area contributed by atoms with Crippen LogP contribution in [0.25, 0.3) is 0 Å². The third-order valence-electron chi connectivity index (χ3n) is 5.74. The van der Waals surface area contributed by atoms with Gasteiger partial charge in [0, 0.05) is 23.6 Å². The fourth-order valence-corrected chi connectivity index (χ4v) is 4.17. The van der Waals surface area contributed by atoms with Crippen LogP contribution in [-0.4, -0.2) is 31.3 Å². The monoisotopic (exact) mass is 318 g/mol. The summed E-state index contributed by atoms with van der Waals surface area (Å²) in [4.78, 5) is 13.0. The first-order chi connectivity index (χ1) is 10.8. The lowest BCUT2D eigenvalue weighted by Gasteiger charge is -2.65. The third-order valence-corrected chi connectivity index (χ3v) is 5.74. The highest BCUT2D eigenvalue weighted by molar-refractivity contribution is 6.00. The highest BCUT2D eigenvalue weighted by atomic mass is 16.5. The Labute approximate surface area is 137 Å². The molecule has 23 heavy (non-hydrogen) atoms. The van der Waals surface area contributed by atoms with Gasteiger partial charge in [-0.1, -0.05) is 13.8 Å². The minimum atomic E-state index is -0.898. The van der Waals surface area contributed by atoms with Gasteiger partial charge >= 0.3 is 0 Å². The van der Waals surface area contributed by atoms with Gasteiger partial charge in [-0.15, -0.1) is 0 Å². The Balaban J connectivity index is 1.82. The van der Waals surface area contributed by atoms with E-state index in [-0.39, 0.29) is 23.3 Å². The number of carbonyl (C=O) groups is 1. The van der Waals surface area contributed by atoms with E-state index in [0.29, 0.717) is 0 Å². The molecule has 126 valence electrons. The van der Waals surface area contributed by atoms with Gasteiger partial charge in [-0.05, 0) is 43.5 Å². The summed E-state index contributed by atoms with van der Waals surface area (Å²) in [6, 6.07) is 5.59. The van der Waals surface area contributed by atoms with Crippen LogP contribution in [0.3, 0.4) is 0 Å². The second-order valence-electron chi connectivity index (χ2n) is 7.27. The SMILES string of the molecule is COc1ccc(NC(=O)C2(N)C3CCCOC3C2(C)C)c(C)c1. The van der Waals surface area contributed by atoms with Gasteiger partial charge in [0.15, 0.2) is 0 Å². The number of aryl methyl sites for hydroxylation is 1. The molecule has 1 heterocycles. The lowest BCUT2D eigenvalue weighted by Crippen LogP contribution is -2.81. The van der Waals surface area contributed by atoms with E-state index in [1.807, 2.05) is 39.0 Å². The molecule has 2 fully saturated rings. The van der Waals surface area contributed by atoms with Gasteiger partial charge in [0.2, 0.25) is 5.91 Å². The maximum absolute atomic E-state index is 13.0. The number of nitrogens with one attached hydrogen (secondary N) is 1. The number of rotatable bonds is 3. The Morgan fingerprint density at radius 2 is 2.17 bits per heavy atom. The molecule has 3 atom stereocenters. The lowest BCUT2D eigenvalue weighted by molar-refractivity contribution is -0.222. The topological polar surface area (TPSA) is 73.6 Å². The molecular weight excluding hydrogens is 292 g/mol. The van der Waals surface area contributed by atoms with Crippen LogP contribution in [0, 0.1) is 18.3 Å². The normalized spacial score (nSPS) is 31.7. The Kier molecular flexibility index (Phi) is 3.89. The number of hydrogen-bond donors (Lipinski definition) is 2. The first kappa shape index (κ1) is 16.3. The van der Waals surface area contributed by atoms with E-state index >= 15 is 0 Å². The third kappa shape index (κ3) is 2.25. The smallest absolute Gasteiger partial charge is 0.245 e. The minimum absolute atomic E-state index is 0.0731. The van der Waals surface area contributed by atoms with E-state index in [4.69, 9.17) is 15.2 Å². The standard InChI is InChI=1S/C18H26N2O3/c1-11-10-12(22-4)7-8-14(11)20-16(21)18(19)13-6-5-9-23-15(13)17(18,2)3/h7-8,10,13,15H,5-6,9,19H2,1-4H3,(H,20,21). The molecule has 0 aromatic heterocycles. The molecule has 0 spiro atoms. The van der Waals surface area contributed by atoms with Crippen LogP contribution >= 0.6 is 0 Å². The van der Waals surface area contributed by atoms with E-state index < -0.39 is 5.54 Å². The second kappa shape index (κ2) is 5.49. The van der Waals surface area contributed by atoms with E-state index in [2.05, 4.69) is 5.32 Å². The van der Waals surface area contributed by atoms with Crippen molar-refractivity contribution in [2.45, 2.75) is 45.3 Å². The summed E-state index contributed by atoms with van der Waals surface area (Å²) < 4.78 is 11.1. The Hall–Kier alpha value is -1.59. The maximum Gasteiger partial charge on any atom is 0.245 e. The van der Waals surface area contributed by atoms with Crippen molar-refractivity contribution in [2.75, 3.05) is 19.0 Å². The zero-order chi connectivity index (χ0) is 16.8. The van der Waals surface area contributed by atoms with Crippen molar-refractivity contribution in [1.29, 1.82) is 0 Å². The Morgan fingerprint density at radius 3 is 2.83 bits per heavy atom. The molecule has 3 N–H and O–H groups in total. The van der Waals surface area contributed by atoms with Gasteiger partial charge in [0.1, 0.15) is 11.3 Å². The summed E-state index contributed by atoms with van der Waals surface area (Å²) in [7, 11) is 1.63. The molecular formula is C18H26N2O3. The molecule has 3 unspecified atom stereocenters. The predicted molar refractivity (Wildman–Crippen MR) is 89.5 cm³/mol. The molecule has 5 heteroatoms. The van der Waals surface area contributed by atoms with E-state index in [1.165, 1.54) is 0 Å². The summed E-state index contributed by atoms with van der Waals surface area (Å²) in [6.07, 6.45) is 1.98. The summed E-state index contributed by atoms with van der Waals surface area (Å²) in [5, 5.41) is 3.02. The van der Waals surface area contributed by atoms with Crippen LogP contribution in [0.1, 0.15) is 32.3 Å². The lowest BCUT2D eigenvalue weighted by atomic mass is 9.46. The van der Waals surface area contributed by atoms with Crippen molar-refractivity contribution < 1.29 is 14.3 Å². The van der Waals surface area contributed by atoms with Crippen LogP contribution in [-0.2, 0) is 9.53 Å². The van der Waals surface area contributed by atoms with Crippen LogP contribution < -0.4 is 15.8 Å². The summed E-state index contributed by atoms with van der Waals surface area (Å²) in [6.45, 7) is 6.76. The number of ether oxygens (including phenoxy) is 2. The van der Waals surface area contributed by atoms with Gasteiger partial charge in [-0.25, -0.2) is 0 Å². The number of benzene rings is 1. The van der Waals surface area contributed by atoms with Crippen LogP contribution in [0.4, 0.5) is 5.69 Å². The fraction of sp³-hybridized carbons (Fsp3) is 0.611. The first-order valence-corrected chi connectivity index (χ1v) is 8.19. The average molecular weight is 318 g/mol. The number of carbonyl (C=O) groups excluding carboxylic acids is 1. The zero-order valence-corrected chi connectivity index (χ0v) is 14.3. The van der Waals surface area contributed by atoms with Crippen molar-refractivity contribution in [1.82, 2.24) is 0 Å². The first-order valence-electron chi connectivity index (χ1n) is 8.19. The molecule has 3 rings (SSSR count). The van der Waals surface area contributed by atoms with Crippen molar-refractivity contribution in [3.63, 3.8) is 0 Å². The largest absolute Gasteiger partial charge is 0.497 e. The minimum Gasteiger partial charge on any atom is -0.497 e. The molecule has 1 aliphatic heterocycles. The Morgan fingerprint density at radius 1 is 1.43 bits per heavy atom. The predicted octanol–water partition coefficient (Wildman–Crippen LogP) is 2.47. The maximum atomic E-state index is 13.0. The molecule has 0 radical (unpaired) electrons. The number of hydrogen-bond acceptors (Lipinski definition) is 4. The van der Waals surface area contributed by atoms with Gasteiger partial charge in [0.25, 0.3) is 0 Å². The van der Waals surface area contributed by atoms with Crippen molar-refractivity contribution in [2.24, 2.45) is 17.1 Å². The van der Waals surface area contributed by atoms with Gasteiger partial charge in [-0.2, -0.15) is 0 Å². The summed E-state index contributed by atoms with van der Waals surface area (Å²) >= 11 is 0. The highest BCUT2D eigenvalue weighted by Crippen LogP contribution is 2.57. The van der Waals surface area contributed by atoms with Crippen LogP contribution in [0.15, 0.2) is 18.2 Å². The van der Waals surface area contributed by atoms with Gasteiger partial charge in [-0.3, -0.25) is 4.79 Å². The highest BCUT2D eigenvalue weighted by Gasteiger charge is 2.70. The molecule has 1 aliphatic carbocycles.